The van der Waals surface area contributed by atoms with Crippen LogP contribution in [0.5, 0.6) is 0 Å². The van der Waals surface area contributed by atoms with Crippen LogP contribution in [0.2, 0.25) is 0 Å². The second kappa shape index (κ2) is 11.7. The van der Waals surface area contributed by atoms with Crippen molar-refractivity contribution in [1.82, 2.24) is 15.5 Å². The zero-order chi connectivity index (χ0) is 18.3. The standard InChI is InChI=1S/C18H32N4OS2.HI/c1-14-6-7-16(25-14)15(22-8-10-23-11-9-22)12-20-17(19-4)21-13-18(2,3)24-5;/h6-7,15H,8-13H2,1-5H3,(H2,19,20,21);1H. The third-order valence-corrected chi connectivity index (χ3v) is 6.85. The summed E-state index contributed by atoms with van der Waals surface area (Å²) in [6.07, 6.45) is 2.14. The molecule has 0 aliphatic carbocycles. The Kier molecular flexibility index (Phi) is 10.8. The molecule has 0 amide bonds. The summed E-state index contributed by atoms with van der Waals surface area (Å²) >= 11 is 3.74. The van der Waals surface area contributed by atoms with Crippen LogP contribution in [0.15, 0.2) is 17.1 Å². The van der Waals surface area contributed by atoms with Gasteiger partial charge < -0.3 is 15.4 Å². The van der Waals surface area contributed by atoms with Gasteiger partial charge in [0.25, 0.3) is 0 Å². The molecule has 2 heterocycles. The molecule has 1 saturated heterocycles. The number of hydrogen-bond acceptors (Lipinski definition) is 5. The summed E-state index contributed by atoms with van der Waals surface area (Å²) < 4.78 is 5.72. The SMILES string of the molecule is CN=C(NCC(c1ccc(C)s1)N1CCOCC1)NCC(C)(C)SC.I. The monoisotopic (exact) mass is 512 g/mol. The summed E-state index contributed by atoms with van der Waals surface area (Å²) in [7, 11) is 1.83. The van der Waals surface area contributed by atoms with E-state index in [0.717, 1.165) is 45.4 Å². The molecule has 0 aromatic carbocycles. The van der Waals surface area contributed by atoms with Crippen molar-refractivity contribution in [3.8, 4) is 0 Å². The number of ether oxygens (including phenoxy) is 1. The number of thiophene rings is 1. The fraction of sp³-hybridized carbons (Fsp3) is 0.722. The van der Waals surface area contributed by atoms with E-state index in [1.54, 1.807) is 0 Å². The molecule has 8 heteroatoms. The van der Waals surface area contributed by atoms with Crippen LogP contribution in [0.3, 0.4) is 0 Å². The first-order valence-electron chi connectivity index (χ1n) is 8.83. The van der Waals surface area contributed by atoms with Crippen LogP contribution in [0, 0.1) is 6.92 Å². The molecule has 1 aliphatic rings. The van der Waals surface area contributed by atoms with E-state index in [-0.39, 0.29) is 28.7 Å². The summed E-state index contributed by atoms with van der Waals surface area (Å²) in [5, 5.41) is 6.98. The lowest BCUT2D eigenvalue weighted by Gasteiger charge is -2.34. The first-order chi connectivity index (χ1) is 11.9. The fourth-order valence-corrected chi connectivity index (χ4v) is 3.94. The minimum Gasteiger partial charge on any atom is -0.379 e. The molecule has 26 heavy (non-hydrogen) atoms. The highest BCUT2D eigenvalue weighted by molar-refractivity contribution is 14.0. The van der Waals surface area contributed by atoms with Gasteiger partial charge in [-0.05, 0) is 39.2 Å². The topological polar surface area (TPSA) is 48.9 Å². The molecular formula is C18H33IN4OS2. The van der Waals surface area contributed by atoms with Crippen molar-refractivity contribution in [1.29, 1.82) is 0 Å². The van der Waals surface area contributed by atoms with Crippen molar-refractivity contribution in [2.24, 2.45) is 4.99 Å². The Hall–Kier alpha value is -0.0300. The molecule has 1 aromatic rings. The molecule has 1 unspecified atom stereocenters. The summed E-state index contributed by atoms with van der Waals surface area (Å²) in [4.78, 5) is 9.67. The summed E-state index contributed by atoms with van der Waals surface area (Å²) in [6.45, 7) is 12.0. The van der Waals surface area contributed by atoms with Gasteiger partial charge in [0.2, 0.25) is 0 Å². The number of nitrogens with zero attached hydrogens (tertiary/aromatic N) is 2. The van der Waals surface area contributed by atoms with E-state index >= 15 is 0 Å². The highest BCUT2D eigenvalue weighted by atomic mass is 127. The minimum absolute atomic E-state index is 0. The van der Waals surface area contributed by atoms with Crippen LogP contribution in [0.25, 0.3) is 0 Å². The van der Waals surface area contributed by atoms with E-state index in [4.69, 9.17) is 4.74 Å². The first kappa shape index (κ1) is 24.0. The molecule has 0 spiro atoms. The number of morpholine rings is 1. The van der Waals surface area contributed by atoms with Gasteiger partial charge in [0, 0.05) is 47.7 Å². The zero-order valence-electron chi connectivity index (χ0n) is 16.5. The maximum absolute atomic E-state index is 5.53. The van der Waals surface area contributed by atoms with E-state index in [1.165, 1.54) is 9.75 Å². The Morgan fingerprint density at radius 2 is 2.04 bits per heavy atom. The van der Waals surface area contributed by atoms with Gasteiger partial charge in [0.1, 0.15) is 0 Å². The van der Waals surface area contributed by atoms with Crippen molar-refractivity contribution in [3.63, 3.8) is 0 Å². The molecule has 2 N–H and O–H groups in total. The van der Waals surface area contributed by atoms with Crippen LogP contribution >= 0.6 is 47.1 Å². The van der Waals surface area contributed by atoms with Gasteiger partial charge in [0.15, 0.2) is 5.96 Å². The van der Waals surface area contributed by atoms with E-state index < -0.39 is 0 Å². The van der Waals surface area contributed by atoms with Crippen LogP contribution < -0.4 is 10.6 Å². The number of rotatable bonds is 7. The van der Waals surface area contributed by atoms with Gasteiger partial charge in [-0.1, -0.05) is 0 Å². The van der Waals surface area contributed by atoms with Gasteiger partial charge >= 0.3 is 0 Å². The molecule has 150 valence electrons. The number of aliphatic imine (C=N–C) groups is 1. The zero-order valence-corrected chi connectivity index (χ0v) is 20.5. The van der Waals surface area contributed by atoms with Crippen molar-refractivity contribution >= 4 is 53.0 Å². The minimum atomic E-state index is 0. The molecule has 1 aliphatic heterocycles. The average molecular weight is 513 g/mol. The largest absolute Gasteiger partial charge is 0.379 e. The lowest BCUT2D eigenvalue weighted by molar-refractivity contribution is 0.0177. The predicted molar refractivity (Wildman–Crippen MR) is 127 cm³/mol. The van der Waals surface area contributed by atoms with Gasteiger partial charge in [-0.15, -0.1) is 35.3 Å². The summed E-state index contributed by atoms with van der Waals surface area (Å²) in [5.74, 6) is 0.869. The average Bonchev–Trinajstić information content (AvgIpc) is 3.05. The molecule has 5 nitrogen and oxygen atoms in total. The third kappa shape index (κ3) is 7.53. The lowest BCUT2D eigenvalue weighted by atomic mass is 10.2. The second-order valence-electron chi connectivity index (χ2n) is 6.88. The first-order valence-corrected chi connectivity index (χ1v) is 10.9. The van der Waals surface area contributed by atoms with Crippen molar-refractivity contribution < 1.29 is 4.74 Å². The van der Waals surface area contributed by atoms with Crippen LogP contribution in [0.4, 0.5) is 0 Å². The van der Waals surface area contributed by atoms with Gasteiger partial charge in [-0.25, -0.2) is 0 Å². The number of thioether (sulfide) groups is 1. The Morgan fingerprint density at radius 1 is 1.35 bits per heavy atom. The van der Waals surface area contributed by atoms with E-state index in [1.807, 2.05) is 30.1 Å². The Morgan fingerprint density at radius 3 is 2.58 bits per heavy atom. The second-order valence-corrected chi connectivity index (χ2v) is 9.72. The van der Waals surface area contributed by atoms with Gasteiger partial charge in [0.05, 0.1) is 19.3 Å². The number of nitrogens with one attached hydrogen (secondary N) is 2. The fourth-order valence-electron chi connectivity index (χ4n) is 2.71. The van der Waals surface area contributed by atoms with Crippen molar-refractivity contribution in [2.75, 3.05) is 52.7 Å². The number of halogens is 1. The van der Waals surface area contributed by atoms with E-state index in [0.29, 0.717) is 6.04 Å². The molecule has 0 saturated carbocycles. The normalized spacial score (nSPS) is 17.5. The Labute approximate surface area is 183 Å². The van der Waals surface area contributed by atoms with Gasteiger partial charge in [-0.2, -0.15) is 11.8 Å². The molecule has 1 atom stereocenters. The van der Waals surface area contributed by atoms with Crippen molar-refractivity contribution in [2.45, 2.75) is 31.6 Å². The molecular weight excluding hydrogens is 479 g/mol. The maximum Gasteiger partial charge on any atom is 0.191 e. The van der Waals surface area contributed by atoms with Crippen molar-refractivity contribution in [3.05, 3.63) is 21.9 Å². The molecule has 1 aromatic heterocycles. The van der Waals surface area contributed by atoms with E-state index in [9.17, 15) is 0 Å². The Balaban J connectivity index is 0.00000338. The Bertz CT molecular complexity index is 559. The van der Waals surface area contributed by atoms with Gasteiger partial charge in [-0.3, -0.25) is 9.89 Å². The molecule has 0 bridgehead atoms. The van der Waals surface area contributed by atoms with Crippen LogP contribution in [-0.2, 0) is 4.74 Å². The number of hydrogen-bond donors (Lipinski definition) is 2. The van der Waals surface area contributed by atoms with E-state index in [2.05, 4.69) is 59.7 Å². The quantitative estimate of drug-likeness (QED) is 0.334. The van der Waals surface area contributed by atoms with Crippen LogP contribution in [0.1, 0.15) is 29.6 Å². The highest BCUT2D eigenvalue weighted by Crippen LogP contribution is 2.28. The summed E-state index contributed by atoms with van der Waals surface area (Å²) in [6, 6.07) is 4.82. The molecule has 1 fully saturated rings. The number of aryl methyl sites for hydroxylation is 1. The van der Waals surface area contributed by atoms with Crippen LogP contribution in [-0.4, -0.2) is 68.3 Å². The molecule has 0 radical (unpaired) electrons. The number of guanidine groups is 1. The maximum atomic E-state index is 5.53. The summed E-state index contributed by atoms with van der Waals surface area (Å²) in [5.41, 5.74) is 0. The molecule has 2 rings (SSSR count). The smallest absolute Gasteiger partial charge is 0.191 e. The highest BCUT2D eigenvalue weighted by Gasteiger charge is 2.24. The lowest BCUT2D eigenvalue weighted by Crippen LogP contribution is -2.48. The predicted octanol–water partition coefficient (Wildman–Crippen LogP) is 3.35. The third-order valence-electron chi connectivity index (χ3n) is 4.50.